The fourth-order valence-corrected chi connectivity index (χ4v) is 20.9. The van der Waals surface area contributed by atoms with Crippen LogP contribution in [-0.4, -0.2) is 0 Å². The Morgan fingerprint density at radius 1 is 0.793 bits per heavy atom. The Bertz CT molecular complexity index is 1180. The summed E-state index contributed by atoms with van der Waals surface area (Å²) < 4.78 is 0.907. The third kappa shape index (κ3) is 3.38. The number of rotatable bonds is 3. The summed E-state index contributed by atoms with van der Waals surface area (Å²) in [5.41, 5.74) is 7.06. The first-order valence-corrected chi connectivity index (χ1v) is 23.2. The molecule has 0 amide bonds. The van der Waals surface area contributed by atoms with Gasteiger partial charge in [-0.25, -0.2) is 0 Å². The van der Waals surface area contributed by atoms with Crippen LogP contribution in [0.1, 0.15) is 35.1 Å². The van der Waals surface area contributed by atoms with Crippen LogP contribution < -0.4 is 0 Å². The molecule has 0 nitrogen and oxygen atoms in total. The van der Waals surface area contributed by atoms with Gasteiger partial charge in [0.2, 0.25) is 0 Å². The SMILES string of the molecule is [SH][Zr]([Cl])([Cl])([CH]1C=Cc2ccccc21)[CH]1C(c2ccc(Br)cc2)=Cc2ccccc21. The van der Waals surface area contributed by atoms with E-state index in [4.69, 9.17) is 26.4 Å². The molecular weight excluding hydrogens is 562 g/mol. The molecule has 2 atom stereocenters. The fraction of sp³-hybridized carbons (Fsp3) is 0.0833. The standard InChI is InChI=1S/C15H10Br.C9H7.2ClH.H2S.Zr/c16-15-7-5-11(6-8-15)14-9-12-3-1-2-4-13(12)10-14;1-2-5-9-7-3-6-8(9)4-1;;;;/h1-10H;1-7H;2*1H;1H2;/q;;;;;+3/p-3. The maximum atomic E-state index is 7.57. The van der Waals surface area contributed by atoms with Crippen LogP contribution >= 0.6 is 42.3 Å². The molecule has 0 aromatic heterocycles. The molecule has 0 fully saturated rings. The van der Waals surface area contributed by atoms with Gasteiger partial charge in [0.25, 0.3) is 0 Å². The van der Waals surface area contributed by atoms with Crippen molar-refractivity contribution in [3.8, 4) is 0 Å². The first-order valence-electron chi connectivity index (χ1n) is 9.49. The average Bonchev–Trinajstić information content (AvgIpc) is 3.31. The van der Waals surface area contributed by atoms with E-state index in [9.17, 15) is 0 Å². The minimum absolute atomic E-state index is 0.0469. The summed E-state index contributed by atoms with van der Waals surface area (Å²) >= 11 is -1.21. The molecule has 0 N–H and O–H groups in total. The molecule has 3 aromatic carbocycles. The van der Waals surface area contributed by atoms with Gasteiger partial charge in [-0.1, -0.05) is 0 Å². The second kappa shape index (κ2) is 7.25. The average molecular weight is 581 g/mol. The Balaban J connectivity index is 1.70. The number of thiol groups is 1. The topological polar surface area (TPSA) is 0 Å². The van der Waals surface area contributed by atoms with E-state index in [1.165, 1.54) is 27.8 Å². The van der Waals surface area contributed by atoms with E-state index in [0.29, 0.717) is 0 Å². The molecule has 0 saturated heterocycles. The molecule has 0 saturated carbocycles. The van der Waals surface area contributed by atoms with E-state index in [-0.39, 0.29) is 7.25 Å². The van der Waals surface area contributed by atoms with E-state index in [1.807, 2.05) is 6.07 Å². The third-order valence-electron chi connectivity index (χ3n) is 5.97. The van der Waals surface area contributed by atoms with Crippen molar-refractivity contribution < 1.29 is 14.9 Å². The molecule has 29 heavy (non-hydrogen) atoms. The zero-order valence-corrected chi connectivity index (χ0v) is 21.8. The van der Waals surface area contributed by atoms with Crippen LogP contribution in [0.25, 0.3) is 17.7 Å². The molecule has 2 aliphatic carbocycles. The molecule has 0 radical (unpaired) electrons. The van der Waals surface area contributed by atoms with Gasteiger partial charge in [-0.2, -0.15) is 0 Å². The number of hydrogen-bond donors (Lipinski definition) is 1. The summed E-state index contributed by atoms with van der Waals surface area (Å²) in [4.78, 5) is 0. The van der Waals surface area contributed by atoms with Gasteiger partial charge in [0, 0.05) is 0 Å². The summed E-state index contributed by atoms with van der Waals surface area (Å²) in [5.74, 6) is 0. The van der Waals surface area contributed by atoms with Crippen LogP contribution in [0.2, 0.25) is 0 Å². The van der Waals surface area contributed by atoms with Crippen molar-refractivity contribution in [3.63, 3.8) is 0 Å². The minimum atomic E-state index is -4.74. The zero-order valence-electron chi connectivity index (χ0n) is 15.4. The Morgan fingerprint density at radius 2 is 1.41 bits per heavy atom. The first kappa shape index (κ1) is 20.3. The molecule has 0 heterocycles. The summed E-state index contributed by atoms with van der Waals surface area (Å²) in [6.07, 6.45) is 6.55. The molecule has 5 heteroatoms. The predicted octanol–water partition coefficient (Wildman–Crippen LogP) is 8.65. The Labute approximate surface area is 191 Å². The quantitative estimate of drug-likeness (QED) is 0.295. The van der Waals surface area contributed by atoms with Crippen LogP contribution in [0.3, 0.4) is 0 Å². The first-order chi connectivity index (χ1) is 13.8. The van der Waals surface area contributed by atoms with Crippen molar-refractivity contribution in [2.45, 2.75) is 7.25 Å². The van der Waals surface area contributed by atoms with Crippen LogP contribution in [-0.2, 0) is 14.9 Å². The van der Waals surface area contributed by atoms with Crippen molar-refractivity contribution in [1.82, 2.24) is 0 Å². The van der Waals surface area contributed by atoms with E-state index >= 15 is 0 Å². The van der Waals surface area contributed by atoms with Gasteiger partial charge in [0.05, 0.1) is 0 Å². The summed E-state index contributed by atoms with van der Waals surface area (Å²) in [6.45, 7) is 0. The number of allylic oxidation sites excluding steroid dienone is 2. The van der Waals surface area contributed by atoms with Gasteiger partial charge in [-0.05, 0) is 0 Å². The van der Waals surface area contributed by atoms with Crippen molar-refractivity contribution >= 4 is 60.1 Å². The van der Waals surface area contributed by atoms with Gasteiger partial charge in [-0.3, -0.25) is 0 Å². The zero-order chi connectivity index (χ0) is 20.2. The van der Waals surface area contributed by atoms with E-state index in [2.05, 4.69) is 101 Å². The maximum absolute atomic E-state index is 7.57. The van der Waals surface area contributed by atoms with Gasteiger partial charge in [0.15, 0.2) is 0 Å². The van der Waals surface area contributed by atoms with Crippen molar-refractivity contribution in [3.05, 3.63) is 111 Å². The van der Waals surface area contributed by atoms with E-state index < -0.39 is 14.9 Å². The molecule has 3 aromatic rings. The summed E-state index contributed by atoms with van der Waals surface area (Å²) in [7, 11) is 20.4. The molecule has 145 valence electrons. The van der Waals surface area contributed by atoms with Gasteiger partial charge in [-0.15, -0.1) is 0 Å². The van der Waals surface area contributed by atoms with E-state index in [0.717, 1.165) is 10.0 Å². The van der Waals surface area contributed by atoms with Crippen molar-refractivity contribution in [2.24, 2.45) is 0 Å². The van der Waals surface area contributed by atoms with Gasteiger partial charge in [0.1, 0.15) is 0 Å². The Hall–Kier alpha value is -0.567. The Morgan fingerprint density at radius 3 is 2.14 bits per heavy atom. The van der Waals surface area contributed by atoms with Crippen LogP contribution in [0.15, 0.2) is 83.3 Å². The number of benzene rings is 3. The van der Waals surface area contributed by atoms with E-state index in [1.54, 1.807) is 0 Å². The number of halogens is 3. The summed E-state index contributed by atoms with van der Waals surface area (Å²) in [6, 6.07) is 25.2. The fourth-order valence-electron chi connectivity index (χ4n) is 4.65. The molecule has 2 unspecified atom stereocenters. The molecule has 0 spiro atoms. The second-order valence-electron chi connectivity index (χ2n) is 7.74. The Kier molecular flexibility index (Phi) is 5.08. The molecule has 0 aliphatic heterocycles. The third-order valence-corrected chi connectivity index (χ3v) is 23.1. The number of hydrogen-bond acceptors (Lipinski definition) is 1. The molecule has 5 rings (SSSR count). The number of fused-ring (bicyclic) bond motifs is 2. The molecule has 2 aliphatic rings. The van der Waals surface area contributed by atoms with Crippen LogP contribution in [0.5, 0.6) is 0 Å². The molecular formula is C24H18BrCl2SZr. The van der Waals surface area contributed by atoms with Crippen LogP contribution in [0.4, 0.5) is 0 Å². The monoisotopic (exact) mass is 577 g/mol. The van der Waals surface area contributed by atoms with Gasteiger partial charge < -0.3 is 0 Å². The second-order valence-corrected chi connectivity index (χ2v) is 36.6. The predicted molar refractivity (Wildman–Crippen MR) is 130 cm³/mol. The molecule has 0 bridgehead atoms. The van der Waals surface area contributed by atoms with Crippen molar-refractivity contribution in [1.29, 1.82) is 0 Å². The van der Waals surface area contributed by atoms with Crippen LogP contribution in [0, 0.1) is 0 Å². The van der Waals surface area contributed by atoms with Gasteiger partial charge >= 0.3 is 193 Å². The normalized spacial score (nSPS) is 21.2. The van der Waals surface area contributed by atoms with Crippen molar-refractivity contribution in [2.75, 3.05) is 0 Å². The summed E-state index contributed by atoms with van der Waals surface area (Å²) in [5, 5.41) is 0.